The van der Waals surface area contributed by atoms with Crippen LogP contribution in [0.3, 0.4) is 0 Å². The van der Waals surface area contributed by atoms with Gasteiger partial charge in [0.15, 0.2) is 9.84 Å². The molecule has 22 nitrogen and oxygen atoms in total. The SMILES string of the molecule is CS(=O)(=O)c1ccccc1C1=CCC(c2[nH]c(=O)[nH]c(=O)c2Cc2ccccc2)CC1.Cc1ccc(C2=CCC(c3[nH]c(=O)[nH]c(=O)c3Cc3ccccc3)CC2)c(C(F)(F)F)c1.Cc1cccc(C2=CCC(c3[nH]c(=O)[nH]c(=O)c3Cc3ccccc3)CC2)c1.Cc1ccccc1C1=CCC(c2[nH]c(=O)[nH]c(=O)c2Cc2ccccc2)CC1.O=c1[nH]c(C2CC=C(c3ccccc3C(F)(F)F)CC2)c(Cc2ccccc2)c(=O)[nH]1. The van der Waals surface area contributed by atoms with Crippen LogP contribution in [0, 0.1) is 20.8 Å². The monoisotopic (exact) mass is 2050 g/mol. The number of allylic oxidation sites excluding steroid dienone is 10. The lowest BCUT2D eigenvalue weighted by molar-refractivity contribution is -0.138. The van der Waals surface area contributed by atoms with Gasteiger partial charge in [-0.25, -0.2) is 32.4 Å². The normalized spacial score (nSPS) is 16.7. The molecule has 770 valence electrons. The van der Waals surface area contributed by atoms with E-state index in [1.54, 1.807) is 43.3 Å². The zero-order chi connectivity index (χ0) is 106. The highest BCUT2D eigenvalue weighted by atomic mass is 32.2. The van der Waals surface area contributed by atoms with Crippen molar-refractivity contribution in [3.8, 4) is 0 Å². The van der Waals surface area contributed by atoms with E-state index in [9.17, 15) is 82.7 Å². The Balaban J connectivity index is 0.000000134. The molecule has 15 aromatic rings. The van der Waals surface area contributed by atoms with Gasteiger partial charge in [0.25, 0.3) is 27.8 Å². The summed E-state index contributed by atoms with van der Waals surface area (Å²) >= 11 is 0. The third-order valence-electron chi connectivity index (χ3n) is 28.5. The fraction of sp³-hybridized carbons (Fsp3) is 0.256. The van der Waals surface area contributed by atoms with Gasteiger partial charge in [-0.3, -0.25) is 48.9 Å². The number of halogens is 6. The number of aromatic nitrogens is 10. The third kappa shape index (κ3) is 27.2. The first kappa shape index (κ1) is 107. The lowest BCUT2D eigenvalue weighted by Gasteiger charge is -2.25. The van der Waals surface area contributed by atoms with Gasteiger partial charge in [0.1, 0.15) is 0 Å². The van der Waals surface area contributed by atoms with E-state index >= 15 is 0 Å². The number of hydrogen-bond acceptors (Lipinski definition) is 12. The van der Waals surface area contributed by atoms with Crippen molar-refractivity contribution in [3.63, 3.8) is 0 Å². The van der Waals surface area contributed by atoms with Crippen LogP contribution in [0.1, 0.15) is 266 Å². The minimum Gasteiger partial charge on any atom is -0.311 e. The summed E-state index contributed by atoms with van der Waals surface area (Å²) in [5.41, 5.74) is 17.4. The van der Waals surface area contributed by atoms with E-state index in [-0.39, 0.29) is 57.4 Å². The van der Waals surface area contributed by atoms with Crippen molar-refractivity contribution in [2.24, 2.45) is 0 Å². The molecule has 5 aliphatic rings. The molecule has 5 aliphatic carbocycles. The van der Waals surface area contributed by atoms with Gasteiger partial charge in [0, 0.05) is 124 Å². The van der Waals surface area contributed by atoms with Gasteiger partial charge in [0.05, 0.1) is 16.0 Å². The number of aromatic amines is 10. The summed E-state index contributed by atoms with van der Waals surface area (Å²) in [4.78, 5) is 149. The van der Waals surface area contributed by atoms with Crippen LogP contribution >= 0.6 is 0 Å². The van der Waals surface area contributed by atoms with Gasteiger partial charge in [-0.1, -0.05) is 290 Å². The summed E-state index contributed by atoms with van der Waals surface area (Å²) in [6.07, 6.45) is 14.9. The molecule has 5 heterocycles. The lowest BCUT2D eigenvalue weighted by atomic mass is 9.81. The molecule has 0 spiro atoms. The molecular formula is C121H116F6N10O12S. The molecule has 0 amide bonds. The van der Waals surface area contributed by atoms with Gasteiger partial charge in [-0.2, -0.15) is 26.3 Å². The Morgan fingerprint density at radius 2 is 0.533 bits per heavy atom. The van der Waals surface area contributed by atoms with Crippen LogP contribution in [0.5, 0.6) is 0 Å². The smallest absolute Gasteiger partial charge is 0.311 e. The summed E-state index contributed by atoms with van der Waals surface area (Å²) in [5, 5.41) is 0. The second-order valence-corrected chi connectivity index (χ2v) is 40.8. The molecule has 10 aromatic carbocycles. The van der Waals surface area contributed by atoms with E-state index in [2.05, 4.69) is 124 Å². The molecule has 29 heteroatoms. The summed E-state index contributed by atoms with van der Waals surface area (Å²) in [5.74, 6) is 0.00867. The maximum absolute atomic E-state index is 13.6. The Kier molecular flexibility index (Phi) is 34.3. The summed E-state index contributed by atoms with van der Waals surface area (Å²) in [6, 6.07) is 82.3. The minimum atomic E-state index is -4.43. The minimum absolute atomic E-state index is 0.0112. The van der Waals surface area contributed by atoms with E-state index in [0.717, 1.165) is 94.9 Å². The molecule has 20 rings (SSSR count). The van der Waals surface area contributed by atoms with Crippen molar-refractivity contribution < 1.29 is 34.8 Å². The molecule has 5 aromatic heterocycles. The topological polar surface area (TPSA) is 363 Å². The second kappa shape index (κ2) is 48.2. The van der Waals surface area contributed by atoms with Gasteiger partial charge in [0.2, 0.25) is 0 Å². The van der Waals surface area contributed by atoms with Gasteiger partial charge in [-0.15, -0.1) is 0 Å². The van der Waals surface area contributed by atoms with Gasteiger partial charge >= 0.3 is 40.8 Å². The maximum atomic E-state index is 13.6. The number of rotatable bonds is 21. The van der Waals surface area contributed by atoms with E-state index in [1.165, 1.54) is 63.9 Å². The maximum Gasteiger partial charge on any atom is 0.417 e. The first-order valence-corrected chi connectivity index (χ1v) is 52.2. The Morgan fingerprint density at radius 3 is 0.833 bits per heavy atom. The van der Waals surface area contributed by atoms with Crippen LogP contribution in [-0.4, -0.2) is 64.5 Å². The summed E-state index contributed by atoms with van der Waals surface area (Å²) in [6.45, 7) is 5.88. The fourth-order valence-corrected chi connectivity index (χ4v) is 21.9. The quantitative estimate of drug-likeness (QED) is 0.0300. The number of benzene rings is 10. The first-order valence-electron chi connectivity index (χ1n) is 50.3. The van der Waals surface area contributed by atoms with E-state index in [0.29, 0.717) is 156 Å². The Morgan fingerprint density at radius 1 is 0.267 bits per heavy atom. The van der Waals surface area contributed by atoms with Crippen LogP contribution in [-0.2, 0) is 54.3 Å². The highest BCUT2D eigenvalue weighted by Gasteiger charge is 2.38. The van der Waals surface area contributed by atoms with E-state index in [4.69, 9.17) is 0 Å². The second-order valence-electron chi connectivity index (χ2n) is 38.9. The summed E-state index contributed by atoms with van der Waals surface area (Å²) < 4.78 is 105. The Bertz CT molecular complexity index is 8360. The molecule has 10 N–H and O–H groups in total. The predicted molar refractivity (Wildman–Crippen MR) is 577 cm³/mol. The number of H-pyrrole nitrogens is 10. The molecule has 5 unspecified atom stereocenters. The number of nitrogens with one attached hydrogen (secondary N) is 10. The lowest BCUT2D eigenvalue weighted by Crippen LogP contribution is -2.30. The number of aryl methyl sites for hydroxylation is 3. The van der Waals surface area contributed by atoms with Crippen LogP contribution < -0.4 is 56.2 Å². The third-order valence-corrected chi connectivity index (χ3v) is 29.7. The van der Waals surface area contributed by atoms with Crippen LogP contribution in [0.4, 0.5) is 26.3 Å². The molecule has 5 atom stereocenters. The van der Waals surface area contributed by atoms with Crippen LogP contribution in [0.2, 0.25) is 0 Å². The van der Waals surface area contributed by atoms with E-state index < -0.39 is 72.9 Å². The summed E-state index contributed by atoms with van der Waals surface area (Å²) in [7, 11) is -3.33. The van der Waals surface area contributed by atoms with Crippen molar-refractivity contribution in [1.82, 2.24) is 49.8 Å². The molecule has 150 heavy (non-hydrogen) atoms. The average molecular weight is 2050 g/mol. The Hall–Kier alpha value is -16.2. The predicted octanol–water partition coefficient (Wildman–Crippen LogP) is 22.4. The molecule has 0 saturated heterocycles. The largest absolute Gasteiger partial charge is 0.417 e. The van der Waals surface area contributed by atoms with Gasteiger partial charge in [-0.05, 0) is 224 Å². The van der Waals surface area contributed by atoms with Crippen LogP contribution in [0.25, 0.3) is 27.9 Å². The molecule has 0 bridgehead atoms. The van der Waals surface area contributed by atoms with Crippen molar-refractivity contribution in [2.75, 3.05) is 6.26 Å². The zero-order valence-corrected chi connectivity index (χ0v) is 84.2. The standard InChI is InChI=1S/C25H23F3N2O2.C24H21F3N2O2.C24H24N2O4S.2C24H24N2O2/c1-15-7-12-19(21(13-15)25(26,27)28)17-8-10-18(11-9-17)22-20(23(31)30-24(32)29-22)14-16-5-3-2-4-6-16;25-24(26,27)20-9-5-4-8-18(20)16-10-12-17(13-11-16)21-19(22(30)29-23(31)28-21)14-15-6-2-1-3-7-15;1-31(29,30)21-10-6-5-9-19(21)17-11-13-18(14-12-17)22-20(23(27)26-24(28)25-22)15-16-7-3-2-4-8-16;1-16-7-5-6-10-20(16)18-11-13-19(14-12-18)22-21(23(27)26-24(28)25-22)15-17-8-3-2-4-9-17;1-16-6-5-9-20(14-16)18-10-12-19(13-11-18)22-21(23(27)26-24(28)25-22)15-17-7-3-2-4-8-17/h2-8,12-13,18H,9-11,14H2,1H3,(H2,29,30,31,32);1-10,17H,11-14H2,(H2,28,29,30,31);2-11,18H,12-15H2,1H3,(H2,25,26,27,28);2-11,19H,12-15H2,1H3,(H2,25,26,27,28);2-10,14,19H,11-13,15H2,1H3,(H2,25,26,27,28). The highest BCUT2D eigenvalue weighted by molar-refractivity contribution is 7.90. The van der Waals surface area contributed by atoms with E-state index in [1.807, 2.05) is 170 Å². The molecular weight excluding hydrogens is 1930 g/mol. The van der Waals surface area contributed by atoms with Crippen molar-refractivity contribution in [3.05, 3.63) is 541 Å². The molecule has 0 radical (unpaired) electrons. The number of alkyl halides is 6. The van der Waals surface area contributed by atoms with Crippen molar-refractivity contribution in [2.45, 2.75) is 196 Å². The molecule has 0 fully saturated rings. The highest BCUT2D eigenvalue weighted by Crippen LogP contribution is 2.46. The molecule has 0 saturated carbocycles. The fourth-order valence-electron chi connectivity index (χ4n) is 21.0. The first-order chi connectivity index (χ1) is 72.1. The number of sulfone groups is 1. The molecule has 0 aliphatic heterocycles. The van der Waals surface area contributed by atoms with Crippen molar-refractivity contribution >= 4 is 37.7 Å². The zero-order valence-electron chi connectivity index (χ0n) is 83.4. The van der Waals surface area contributed by atoms with Gasteiger partial charge < -0.3 is 24.9 Å². The Labute approximate surface area is 860 Å². The average Bonchev–Trinajstić information content (AvgIpc) is 0.809. The van der Waals surface area contributed by atoms with Crippen LogP contribution in [0.15, 0.2) is 350 Å². The van der Waals surface area contributed by atoms with Crippen molar-refractivity contribution in [1.29, 1.82) is 0 Å². The number of hydrogen-bond donors (Lipinski definition) is 10.